The Morgan fingerprint density at radius 3 is 1.64 bits per heavy atom. The van der Waals surface area contributed by atoms with Gasteiger partial charge in [0.05, 0.1) is 10.1 Å². The number of aliphatic hydroxyl groups is 1. The van der Waals surface area contributed by atoms with Crippen molar-refractivity contribution in [1.82, 2.24) is 0 Å². The Hall–Kier alpha value is 0.870. The average molecular weight is 344 g/mol. The Bertz CT molecular complexity index is 320. The van der Waals surface area contributed by atoms with Crippen LogP contribution in [-0.4, -0.2) is 29.9 Å². The standard InChI is InChI=1S/C16H34O4S.Na/c1-2-3-4-5-6-7-10-13-16(21(18,19)20)14-11-8-9-12-15-17;/h16-17H,2-15H2,1H3,(H,18,19,20);/q;+1/p-1. The van der Waals surface area contributed by atoms with Crippen LogP contribution >= 0.6 is 0 Å². The van der Waals surface area contributed by atoms with Gasteiger partial charge in [-0.05, 0) is 19.3 Å². The van der Waals surface area contributed by atoms with Gasteiger partial charge in [-0.25, -0.2) is 8.42 Å². The largest absolute Gasteiger partial charge is 1.00 e. The van der Waals surface area contributed by atoms with Gasteiger partial charge >= 0.3 is 29.6 Å². The van der Waals surface area contributed by atoms with Gasteiger partial charge in [0.25, 0.3) is 0 Å². The van der Waals surface area contributed by atoms with Gasteiger partial charge in [-0.3, -0.25) is 0 Å². The molecule has 0 amide bonds. The van der Waals surface area contributed by atoms with Crippen molar-refractivity contribution in [1.29, 1.82) is 0 Å². The van der Waals surface area contributed by atoms with Gasteiger partial charge in [0.15, 0.2) is 0 Å². The number of aliphatic hydroxyl groups excluding tert-OH is 1. The van der Waals surface area contributed by atoms with Gasteiger partial charge in [0.1, 0.15) is 0 Å². The van der Waals surface area contributed by atoms with Gasteiger partial charge in [0.2, 0.25) is 0 Å². The molecular weight excluding hydrogens is 311 g/mol. The van der Waals surface area contributed by atoms with Crippen LogP contribution in [0.5, 0.6) is 0 Å². The van der Waals surface area contributed by atoms with E-state index in [4.69, 9.17) is 5.11 Å². The van der Waals surface area contributed by atoms with Gasteiger partial charge in [-0.1, -0.05) is 71.1 Å². The molecule has 0 saturated heterocycles. The molecule has 0 fully saturated rings. The van der Waals surface area contributed by atoms with Crippen LogP contribution in [0.1, 0.15) is 90.4 Å². The molecule has 128 valence electrons. The first-order valence-electron chi connectivity index (χ1n) is 8.58. The predicted molar refractivity (Wildman–Crippen MR) is 86.3 cm³/mol. The molecule has 1 unspecified atom stereocenters. The van der Waals surface area contributed by atoms with Gasteiger partial charge in [-0.2, -0.15) is 0 Å². The molecule has 22 heavy (non-hydrogen) atoms. The summed E-state index contributed by atoms with van der Waals surface area (Å²) >= 11 is 0. The third kappa shape index (κ3) is 15.8. The Balaban J connectivity index is 0. The van der Waals surface area contributed by atoms with E-state index in [0.29, 0.717) is 12.8 Å². The van der Waals surface area contributed by atoms with Crippen molar-refractivity contribution in [3.63, 3.8) is 0 Å². The Morgan fingerprint density at radius 1 is 0.818 bits per heavy atom. The monoisotopic (exact) mass is 344 g/mol. The van der Waals surface area contributed by atoms with E-state index in [9.17, 15) is 13.0 Å². The van der Waals surface area contributed by atoms with Crippen LogP contribution < -0.4 is 29.6 Å². The molecule has 0 spiro atoms. The zero-order valence-electron chi connectivity index (χ0n) is 14.6. The molecule has 0 saturated carbocycles. The number of rotatable bonds is 15. The molecule has 6 heteroatoms. The summed E-state index contributed by atoms with van der Waals surface area (Å²) in [5, 5.41) is 7.97. The normalized spacial score (nSPS) is 12.9. The quantitative estimate of drug-likeness (QED) is 0.273. The van der Waals surface area contributed by atoms with E-state index in [0.717, 1.165) is 44.9 Å². The van der Waals surface area contributed by atoms with Gasteiger partial charge < -0.3 is 9.66 Å². The first-order chi connectivity index (χ1) is 10.0. The fourth-order valence-corrected chi connectivity index (χ4v) is 3.51. The molecule has 1 atom stereocenters. The summed E-state index contributed by atoms with van der Waals surface area (Å²) in [6.45, 7) is 2.37. The summed E-state index contributed by atoms with van der Waals surface area (Å²) in [6.07, 6.45) is 12.3. The molecular formula is C16H33NaO4S. The minimum Gasteiger partial charge on any atom is -0.748 e. The molecule has 0 radical (unpaired) electrons. The van der Waals surface area contributed by atoms with E-state index >= 15 is 0 Å². The topological polar surface area (TPSA) is 77.4 Å². The number of unbranched alkanes of at least 4 members (excludes halogenated alkanes) is 9. The summed E-state index contributed by atoms with van der Waals surface area (Å²) in [5.41, 5.74) is 0. The van der Waals surface area contributed by atoms with Crippen molar-refractivity contribution in [3.8, 4) is 0 Å². The maximum Gasteiger partial charge on any atom is 1.00 e. The van der Waals surface area contributed by atoms with Crippen LogP contribution in [0, 0.1) is 0 Å². The molecule has 0 aromatic carbocycles. The van der Waals surface area contributed by atoms with E-state index in [1.54, 1.807) is 0 Å². The van der Waals surface area contributed by atoms with Gasteiger partial charge in [-0.15, -0.1) is 0 Å². The Labute approximate surface area is 159 Å². The predicted octanol–water partition coefficient (Wildman–Crippen LogP) is 0.988. The smallest absolute Gasteiger partial charge is 0.748 e. The SMILES string of the molecule is CCCCCCCCCC(CCCCCCO)S(=O)(=O)[O-].[Na+]. The molecule has 0 aliphatic rings. The third-order valence-corrected chi connectivity index (χ3v) is 5.26. The van der Waals surface area contributed by atoms with Crippen LogP contribution in [0.2, 0.25) is 0 Å². The first-order valence-corrected chi connectivity index (χ1v) is 10.0. The summed E-state index contributed by atoms with van der Waals surface area (Å²) in [5.74, 6) is 0. The summed E-state index contributed by atoms with van der Waals surface area (Å²) < 4.78 is 33.8. The van der Waals surface area contributed by atoms with Crippen molar-refractivity contribution < 1.29 is 47.6 Å². The van der Waals surface area contributed by atoms with E-state index in [-0.39, 0.29) is 36.2 Å². The van der Waals surface area contributed by atoms with E-state index in [1.165, 1.54) is 25.7 Å². The van der Waals surface area contributed by atoms with Crippen LogP contribution in [0.15, 0.2) is 0 Å². The van der Waals surface area contributed by atoms with E-state index < -0.39 is 15.4 Å². The van der Waals surface area contributed by atoms with Crippen LogP contribution in [-0.2, 0) is 10.1 Å². The molecule has 4 nitrogen and oxygen atoms in total. The zero-order valence-corrected chi connectivity index (χ0v) is 17.4. The molecule has 1 N–H and O–H groups in total. The molecule has 0 aliphatic carbocycles. The van der Waals surface area contributed by atoms with E-state index in [1.807, 2.05) is 0 Å². The van der Waals surface area contributed by atoms with Gasteiger partial charge in [0, 0.05) is 11.9 Å². The molecule has 0 aromatic rings. The van der Waals surface area contributed by atoms with Crippen LogP contribution in [0.25, 0.3) is 0 Å². The second-order valence-corrected chi connectivity index (χ2v) is 7.60. The van der Waals surface area contributed by atoms with Crippen molar-refractivity contribution in [3.05, 3.63) is 0 Å². The Morgan fingerprint density at radius 2 is 1.23 bits per heavy atom. The molecule has 0 rings (SSSR count). The second kappa shape index (κ2) is 16.7. The molecule has 0 heterocycles. The average Bonchev–Trinajstić information content (AvgIpc) is 2.42. The van der Waals surface area contributed by atoms with Crippen molar-refractivity contribution in [2.45, 2.75) is 95.6 Å². The van der Waals surface area contributed by atoms with Crippen LogP contribution in [0.3, 0.4) is 0 Å². The van der Waals surface area contributed by atoms with Crippen molar-refractivity contribution >= 4 is 10.1 Å². The maximum atomic E-state index is 11.3. The third-order valence-electron chi connectivity index (χ3n) is 3.97. The van der Waals surface area contributed by atoms with Crippen molar-refractivity contribution in [2.24, 2.45) is 0 Å². The van der Waals surface area contributed by atoms with E-state index in [2.05, 4.69) is 6.92 Å². The zero-order chi connectivity index (χ0) is 16.0. The summed E-state index contributed by atoms with van der Waals surface area (Å²) in [4.78, 5) is 0. The number of hydrogen-bond donors (Lipinski definition) is 1. The fraction of sp³-hybridized carbons (Fsp3) is 1.00. The molecule has 0 aromatic heterocycles. The molecule has 0 aliphatic heterocycles. The minimum absolute atomic E-state index is 0. The first kappa shape index (κ1) is 25.1. The van der Waals surface area contributed by atoms with Crippen LogP contribution in [0.4, 0.5) is 0 Å². The Kier molecular flexibility index (Phi) is 19.1. The van der Waals surface area contributed by atoms with Crippen molar-refractivity contribution in [2.75, 3.05) is 6.61 Å². The molecule has 0 bridgehead atoms. The number of hydrogen-bond acceptors (Lipinski definition) is 4. The minimum atomic E-state index is -4.16. The summed E-state index contributed by atoms with van der Waals surface area (Å²) in [7, 11) is -4.16. The summed E-state index contributed by atoms with van der Waals surface area (Å²) in [6, 6.07) is 0. The second-order valence-electron chi connectivity index (χ2n) is 5.95. The maximum absolute atomic E-state index is 11.3. The fourth-order valence-electron chi connectivity index (χ4n) is 2.60.